The van der Waals surface area contributed by atoms with Crippen molar-refractivity contribution in [2.45, 2.75) is 38.5 Å². The molecule has 2 unspecified atom stereocenters. The number of hydrogen-bond donors (Lipinski definition) is 8. The molecule has 78 heavy (non-hydrogen) atoms. The van der Waals surface area contributed by atoms with E-state index >= 15 is 0 Å². The standard InChI is InChI=1S/C11H12N2.C11H11NO2.C10H10N2O.C10H9NO.C9H10N4.C9H6N2.H2N2.H2/c1-8-11(10(12)7-13-8)9-5-3-2-4-6-9;1-2-14-11(13)10(8-12)9-6-4-3-5-7-9;11-8-6-12-10(13)9(8)7-4-2-1-3-5-7;1-8(12)10(7-11)9-5-3-2-4-6-9;10-8-7(9(11)13-12-8)6-4-2-1-3-5-6;10-6-9(7-11)8-4-2-1-3-5-8;1-2;/h2-6H,7,12H2,1H3;3-7,10H,2H2,1H3;1-5H,6,11H2,(H,12,13);2-6,10H,1H3;1-5H,(H5,10,11,12,13);1-5,9H;1-2H;1H. The Morgan fingerprint density at radius 2 is 1.03 bits per heavy atom. The molecule has 2 aliphatic heterocycles. The van der Waals surface area contributed by atoms with E-state index in [0.29, 0.717) is 48.2 Å². The van der Waals surface area contributed by atoms with E-state index in [-0.39, 0.29) is 13.1 Å². The lowest BCUT2D eigenvalue weighted by atomic mass is 9.97. The number of nitriles is 4. The van der Waals surface area contributed by atoms with Crippen molar-refractivity contribution in [3.05, 3.63) is 221 Å². The fourth-order valence-corrected chi connectivity index (χ4v) is 7.29. The number of allylic oxidation sites excluding steroid dienone is 1. The number of rotatable bonds is 9. The van der Waals surface area contributed by atoms with E-state index in [1.807, 2.05) is 153 Å². The lowest BCUT2D eigenvalue weighted by Crippen LogP contribution is -2.17. The molecule has 7 aromatic rings. The Bertz CT molecular complexity index is 3210. The van der Waals surface area contributed by atoms with Crippen LogP contribution >= 0.6 is 0 Å². The summed E-state index contributed by atoms with van der Waals surface area (Å²) in [6.45, 7) is 6.56. The van der Waals surface area contributed by atoms with Crippen molar-refractivity contribution in [1.82, 2.24) is 15.5 Å². The quantitative estimate of drug-likeness (QED) is 0.0493. The number of carbonyl (C=O) groups is 3. The molecule has 0 spiro atoms. The molecule has 0 radical (unpaired) electrons. The largest absolute Gasteiger partial charge is 0.465 e. The number of hydrogen-bond acceptors (Lipinski definition) is 16. The minimum absolute atomic E-state index is 0. The van der Waals surface area contributed by atoms with Gasteiger partial charge in [-0.15, -0.1) is 0 Å². The summed E-state index contributed by atoms with van der Waals surface area (Å²) in [6.07, 6.45) is 0. The second-order valence-corrected chi connectivity index (χ2v) is 16.3. The number of nitrogen functional groups attached to an aromatic ring is 2. The van der Waals surface area contributed by atoms with Crippen molar-refractivity contribution in [2.24, 2.45) is 16.5 Å². The first kappa shape index (κ1) is 61.4. The molecular weight excluding hydrogens is 981 g/mol. The van der Waals surface area contributed by atoms with Crippen molar-refractivity contribution in [1.29, 1.82) is 32.1 Å². The number of H-pyrrole nitrogens is 1. The summed E-state index contributed by atoms with van der Waals surface area (Å²) in [5.74, 6) is -1.78. The Hall–Kier alpha value is -11.0. The van der Waals surface area contributed by atoms with Gasteiger partial charge in [-0.05, 0) is 54.2 Å². The van der Waals surface area contributed by atoms with E-state index in [4.69, 9.17) is 59.8 Å². The molecule has 0 saturated heterocycles. The van der Waals surface area contributed by atoms with Crippen molar-refractivity contribution >= 4 is 46.2 Å². The van der Waals surface area contributed by atoms with Crippen molar-refractivity contribution < 1.29 is 20.5 Å². The predicted molar refractivity (Wildman–Crippen MR) is 304 cm³/mol. The first-order valence-corrected chi connectivity index (χ1v) is 24.0. The molecule has 396 valence electrons. The van der Waals surface area contributed by atoms with Crippen LogP contribution in [0.15, 0.2) is 198 Å². The highest BCUT2D eigenvalue weighted by Crippen LogP contribution is 2.29. The third kappa shape index (κ3) is 18.8. The van der Waals surface area contributed by atoms with E-state index in [1.54, 1.807) is 55.5 Å². The fourth-order valence-electron chi connectivity index (χ4n) is 7.29. The maximum atomic E-state index is 11.3. The molecule has 9 rings (SSSR count). The molecule has 6 aromatic carbocycles. The highest BCUT2D eigenvalue weighted by Gasteiger charge is 2.22. The van der Waals surface area contributed by atoms with E-state index in [1.165, 1.54) is 12.5 Å². The molecule has 0 saturated carbocycles. The van der Waals surface area contributed by atoms with Gasteiger partial charge < -0.3 is 33.0 Å². The van der Waals surface area contributed by atoms with Crippen LogP contribution in [-0.2, 0) is 19.1 Å². The lowest BCUT2D eigenvalue weighted by molar-refractivity contribution is -0.143. The van der Waals surface area contributed by atoms with E-state index < -0.39 is 23.7 Å². The molecule has 1 aromatic heterocycles. The van der Waals surface area contributed by atoms with Crippen LogP contribution in [0.2, 0.25) is 0 Å². The lowest BCUT2D eigenvalue weighted by Gasteiger charge is -2.07. The van der Waals surface area contributed by atoms with Crippen molar-refractivity contribution in [3.8, 4) is 35.4 Å². The Labute approximate surface area is 455 Å². The minimum atomic E-state index is -0.809. The first-order chi connectivity index (χ1) is 37.8. The van der Waals surface area contributed by atoms with E-state index in [9.17, 15) is 14.4 Å². The van der Waals surface area contributed by atoms with Gasteiger partial charge in [0.1, 0.15) is 11.7 Å². The Morgan fingerprint density at radius 3 is 1.37 bits per heavy atom. The van der Waals surface area contributed by atoms with E-state index in [0.717, 1.165) is 44.8 Å². The van der Waals surface area contributed by atoms with Crippen LogP contribution in [0.4, 0.5) is 11.6 Å². The maximum absolute atomic E-state index is 11.3. The van der Waals surface area contributed by atoms with Crippen molar-refractivity contribution in [2.75, 3.05) is 31.2 Å². The number of esters is 1. The zero-order valence-corrected chi connectivity index (χ0v) is 43.3. The van der Waals surface area contributed by atoms with Gasteiger partial charge in [-0.1, -0.05) is 182 Å². The van der Waals surface area contributed by atoms with E-state index in [2.05, 4.69) is 32.6 Å². The van der Waals surface area contributed by atoms with Gasteiger partial charge in [0, 0.05) is 24.1 Å². The average molecular weight is 1040 g/mol. The molecular formula is C60H62N14O4. The van der Waals surface area contributed by atoms with Gasteiger partial charge in [0.15, 0.2) is 23.4 Å². The summed E-state index contributed by atoms with van der Waals surface area (Å²) >= 11 is 0. The average Bonchev–Trinajstić information content (AvgIpc) is 4.15. The van der Waals surface area contributed by atoms with Crippen LogP contribution in [0.5, 0.6) is 0 Å². The highest BCUT2D eigenvalue weighted by atomic mass is 16.5. The van der Waals surface area contributed by atoms with Crippen molar-refractivity contribution in [3.63, 3.8) is 0 Å². The van der Waals surface area contributed by atoms with Crippen LogP contribution in [-0.4, -0.2) is 53.3 Å². The Kier molecular flexibility index (Phi) is 26.5. The number of carbonyl (C=O) groups excluding carboxylic acids is 3. The van der Waals surface area contributed by atoms with Crippen LogP contribution in [0, 0.1) is 56.4 Å². The molecule has 0 fully saturated rings. The maximum Gasteiger partial charge on any atom is 0.327 e. The molecule has 3 heterocycles. The Balaban J connectivity index is 0.000000321. The highest BCUT2D eigenvalue weighted by molar-refractivity contribution is 6.25. The summed E-state index contributed by atoms with van der Waals surface area (Å²) < 4.78 is 4.79. The second kappa shape index (κ2) is 33.7. The van der Waals surface area contributed by atoms with Gasteiger partial charge >= 0.3 is 5.97 Å². The number of aliphatic imine (C=N–C) groups is 1. The third-order valence-electron chi connectivity index (χ3n) is 11.0. The predicted octanol–water partition coefficient (Wildman–Crippen LogP) is 9.96. The summed E-state index contributed by atoms with van der Waals surface area (Å²) in [5.41, 5.74) is 43.2. The molecule has 2 atom stereocenters. The van der Waals surface area contributed by atoms with Crippen LogP contribution in [0.1, 0.15) is 67.8 Å². The smallest absolute Gasteiger partial charge is 0.327 e. The van der Waals surface area contributed by atoms with Gasteiger partial charge in [0.2, 0.25) is 0 Å². The molecule has 12 N–H and O–H groups in total. The van der Waals surface area contributed by atoms with Gasteiger partial charge in [-0.3, -0.25) is 24.5 Å². The van der Waals surface area contributed by atoms with Crippen LogP contribution < -0.4 is 28.3 Å². The molecule has 18 heteroatoms. The number of nitrogens with one attached hydrogen (secondary N) is 4. The number of ketones is 1. The second-order valence-electron chi connectivity index (χ2n) is 16.3. The summed E-state index contributed by atoms with van der Waals surface area (Å²) in [6, 6.07) is 64.0. The Morgan fingerprint density at radius 1 is 0.615 bits per heavy atom. The molecule has 1 amide bonds. The zero-order chi connectivity index (χ0) is 57.2. The number of amides is 1. The van der Waals surface area contributed by atoms with Crippen LogP contribution in [0.25, 0.3) is 22.3 Å². The monoisotopic (exact) mass is 1040 g/mol. The normalized spacial score (nSPS) is 12.2. The topological polar surface area (TPSA) is 360 Å². The number of benzene rings is 6. The SMILES string of the molecule is CC(=O)C(C#N)c1ccccc1.CC1=NCC(N)=C1c1ccccc1.CCOC(=O)C(C#N)c1ccccc1.N#CC(C#N)c1ccccc1.N=N.NC1=C(c2ccccc2)C(=O)NC1.Nc1n[nH]c(N)c1-c1ccccc1.[HH]. The van der Waals surface area contributed by atoms with Gasteiger partial charge in [0.25, 0.3) is 5.91 Å². The fraction of sp³-hybridized carbons (Fsp3) is 0.150. The zero-order valence-electron chi connectivity index (χ0n) is 43.3. The number of anilines is 2. The number of Topliss-reactive ketones (excluding diaryl/α,β-unsaturated/α-hetero) is 1. The third-order valence-corrected chi connectivity index (χ3v) is 11.0. The summed E-state index contributed by atoms with van der Waals surface area (Å²) in [5, 5.41) is 43.7. The molecule has 18 nitrogen and oxygen atoms in total. The van der Waals surface area contributed by atoms with Crippen LogP contribution in [0.3, 0.4) is 0 Å². The molecule has 2 aliphatic rings. The van der Waals surface area contributed by atoms with Gasteiger partial charge in [-0.25, -0.2) is 11.1 Å². The molecule has 0 bridgehead atoms. The minimum Gasteiger partial charge on any atom is -0.465 e. The van der Waals surface area contributed by atoms with Gasteiger partial charge in [-0.2, -0.15) is 26.1 Å². The molecule has 0 aliphatic carbocycles. The number of nitrogens with zero attached hydrogens (tertiary/aromatic N) is 6. The summed E-state index contributed by atoms with van der Waals surface area (Å²) in [7, 11) is 0. The number of aromatic nitrogens is 2. The van der Waals surface area contributed by atoms with Gasteiger partial charge in [0.05, 0.1) is 55.1 Å². The number of nitrogens with two attached hydrogens (primary N) is 4. The first-order valence-electron chi connectivity index (χ1n) is 24.0. The number of aromatic amines is 1. The summed E-state index contributed by atoms with van der Waals surface area (Å²) in [4.78, 5) is 37.9. The number of ether oxygens (including phenoxy) is 1.